The number of carbonyl (C=O) groups is 1. The van der Waals surface area contributed by atoms with E-state index in [9.17, 15) is 4.79 Å². The number of halogens is 1. The Morgan fingerprint density at radius 3 is 2.94 bits per heavy atom. The molecule has 1 aromatic rings. The lowest BCUT2D eigenvalue weighted by atomic mass is 10.1. The van der Waals surface area contributed by atoms with Gasteiger partial charge in [-0.05, 0) is 5.92 Å². The number of fused-ring (bicyclic) bond motifs is 1. The molecule has 0 aliphatic carbocycles. The van der Waals surface area contributed by atoms with Crippen molar-refractivity contribution < 1.29 is 4.79 Å². The average Bonchev–Trinajstić information content (AvgIpc) is 2.73. The third-order valence-electron chi connectivity index (χ3n) is 2.77. The summed E-state index contributed by atoms with van der Waals surface area (Å²) in [6.07, 6.45) is 1.71. The highest BCUT2D eigenvalue weighted by Crippen LogP contribution is 2.18. The molecule has 0 bridgehead atoms. The maximum Gasteiger partial charge on any atom is 0.237 e. The maximum atomic E-state index is 12.1. The number of alkyl halides is 1. The third kappa shape index (κ3) is 2.11. The zero-order valence-electron chi connectivity index (χ0n) is 9.43. The maximum absolute atomic E-state index is 12.1. The van der Waals surface area contributed by atoms with Crippen molar-refractivity contribution in [1.29, 1.82) is 0 Å². The highest BCUT2D eigenvalue weighted by Gasteiger charge is 2.27. The van der Waals surface area contributed by atoms with Crippen LogP contribution < -0.4 is 0 Å². The number of nitrogens with zero attached hydrogens (tertiary/aromatic N) is 4. The molecule has 1 amide bonds. The van der Waals surface area contributed by atoms with Crippen molar-refractivity contribution in [2.75, 3.05) is 6.54 Å². The highest BCUT2D eigenvalue weighted by molar-refractivity contribution is 9.10. The average molecular weight is 287 g/mol. The first-order chi connectivity index (χ1) is 7.59. The Bertz CT molecular complexity index is 390. The van der Waals surface area contributed by atoms with E-state index in [2.05, 4.69) is 26.1 Å². The van der Waals surface area contributed by atoms with Crippen LogP contribution in [0.1, 0.15) is 19.7 Å². The molecule has 1 unspecified atom stereocenters. The topological polar surface area (TPSA) is 51.0 Å². The Morgan fingerprint density at radius 2 is 2.25 bits per heavy atom. The van der Waals surface area contributed by atoms with Gasteiger partial charge in [0, 0.05) is 13.1 Å². The molecule has 1 aliphatic heterocycles. The van der Waals surface area contributed by atoms with Crippen molar-refractivity contribution in [2.24, 2.45) is 5.92 Å². The fourth-order valence-corrected chi connectivity index (χ4v) is 2.00. The van der Waals surface area contributed by atoms with E-state index in [-0.39, 0.29) is 10.7 Å². The third-order valence-corrected chi connectivity index (χ3v) is 4.22. The Balaban J connectivity index is 2.06. The molecule has 0 radical (unpaired) electrons. The molecule has 0 saturated carbocycles. The van der Waals surface area contributed by atoms with Gasteiger partial charge in [0.2, 0.25) is 5.91 Å². The molecule has 1 aromatic heterocycles. The lowest BCUT2D eigenvalue weighted by molar-refractivity contribution is -0.132. The van der Waals surface area contributed by atoms with E-state index < -0.39 is 0 Å². The fourth-order valence-electron chi connectivity index (χ4n) is 1.71. The first-order valence-corrected chi connectivity index (χ1v) is 6.30. The van der Waals surface area contributed by atoms with Gasteiger partial charge in [-0.3, -0.25) is 4.79 Å². The van der Waals surface area contributed by atoms with E-state index in [0.717, 1.165) is 18.9 Å². The van der Waals surface area contributed by atoms with Gasteiger partial charge in [0.1, 0.15) is 6.33 Å². The molecular formula is C10H15BrN4O. The number of hydrogen-bond acceptors (Lipinski definition) is 3. The summed E-state index contributed by atoms with van der Waals surface area (Å²) in [6, 6.07) is 0. The Hall–Kier alpha value is -0.910. The predicted molar refractivity (Wildman–Crippen MR) is 63.0 cm³/mol. The number of carbonyl (C=O) groups excluding carboxylic acids is 1. The Labute approximate surface area is 103 Å². The van der Waals surface area contributed by atoms with Crippen LogP contribution in [0, 0.1) is 5.92 Å². The van der Waals surface area contributed by atoms with Crippen LogP contribution in [-0.2, 0) is 17.9 Å². The van der Waals surface area contributed by atoms with Gasteiger partial charge < -0.3 is 9.47 Å². The molecule has 6 heteroatoms. The molecule has 0 saturated heterocycles. The lowest BCUT2D eigenvalue weighted by Crippen LogP contribution is -2.43. The first-order valence-electron chi connectivity index (χ1n) is 5.39. The summed E-state index contributed by atoms with van der Waals surface area (Å²) >= 11 is 3.44. The van der Waals surface area contributed by atoms with Gasteiger partial charge in [0.25, 0.3) is 0 Å². The molecule has 5 nitrogen and oxygen atoms in total. The van der Waals surface area contributed by atoms with Gasteiger partial charge >= 0.3 is 0 Å². The van der Waals surface area contributed by atoms with E-state index in [1.54, 1.807) is 6.33 Å². The van der Waals surface area contributed by atoms with Crippen LogP contribution >= 0.6 is 15.9 Å². The molecule has 1 atom stereocenters. The van der Waals surface area contributed by atoms with Crippen LogP contribution in [0.3, 0.4) is 0 Å². The van der Waals surface area contributed by atoms with E-state index in [1.165, 1.54) is 0 Å². The molecule has 0 fully saturated rings. The highest BCUT2D eigenvalue weighted by atomic mass is 79.9. The van der Waals surface area contributed by atoms with E-state index in [1.807, 2.05) is 23.3 Å². The van der Waals surface area contributed by atoms with Crippen LogP contribution in [0.15, 0.2) is 6.33 Å². The minimum atomic E-state index is -0.109. The second-order valence-corrected chi connectivity index (χ2v) is 5.33. The van der Waals surface area contributed by atoms with E-state index in [0.29, 0.717) is 12.5 Å². The number of amides is 1. The minimum Gasteiger partial charge on any atom is -0.332 e. The predicted octanol–water partition coefficient (Wildman–Crippen LogP) is 1.04. The normalized spacial score (nSPS) is 17.4. The summed E-state index contributed by atoms with van der Waals surface area (Å²) in [5.74, 6) is 1.31. The summed E-state index contributed by atoms with van der Waals surface area (Å²) in [4.78, 5) is 13.8. The first kappa shape index (κ1) is 11.6. The SMILES string of the molecule is CC(C)C(Br)C(=O)N1CCn2cnnc2C1. The molecule has 88 valence electrons. The summed E-state index contributed by atoms with van der Waals surface area (Å²) in [5.41, 5.74) is 0. The molecule has 0 spiro atoms. The van der Waals surface area contributed by atoms with Gasteiger partial charge in [0.05, 0.1) is 11.4 Å². The number of aromatic nitrogens is 3. The van der Waals surface area contributed by atoms with Gasteiger partial charge in [-0.25, -0.2) is 0 Å². The van der Waals surface area contributed by atoms with Gasteiger partial charge in [-0.2, -0.15) is 0 Å². The summed E-state index contributed by atoms with van der Waals surface area (Å²) < 4.78 is 1.99. The van der Waals surface area contributed by atoms with Crippen molar-refractivity contribution in [3.63, 3.8) is 0 Å². The quantitative estimate of drug-likeness (QED) is 0.764. The van der Waals surface area contributed by atoms with E-state index >= 15 is 0 Å². The molecule has 0 N–H and O–H groups in total. The van der Waals surface area contributed by atoms with Crippen molar-refractivity contribution >= 4 is 21.8 Å². The van der Waals surface area contributed by atoms with Crippen molar-refractivity contribution in [3.05, 3.63) is 12.2 Å². The van der Waals surface area contributed by atoms with Crippen LogP contribution in [0.5, 0.6) is 0 Å². The largest absolute Gasteiger partial charge is 0.332 e. The van der Waals surface area contributed by atoms with Crippen LogP contribution in [0.25, 0.3) is 0 Å². The second-order valence-electron chi connectivity index (χ2n) is 4.35. The second kappa shape index (κ2) is 4.53. The summed E-state index contributed by atoms with van der Waals surface area (Å²) in [6.45, 7) is 6.14. The van der Waals surface area contributed by atoms with Gasteiger partial charge in [0.15, 0.2) is 5.82 Å². The number of rotatable bonds is 2. The van der Waals surface area contributed by atoms with Crippen LogP contribution in [0.4, 0.5) is 0 Å². The zero-order valence-corrected chi connectivity index (χ0v) is 11.0. The molecular weight excluding hydrogens is 272 g/mol. The standard InChI is InChI=1S/C10H15BrN4O/c1-7(2)9(11)10(16)14-3-4-15-6-12-13-8(15)5-14/h6-7,9H,3-5H2,1-2H3. The minimum absolute atomic E-state index is 0.109. The van der Waals surface area contributed by atoms with Crippen molar-refractivity contribution in [1.82, 2.24) is 19.7 Å². The summed E-state index contributed by atoms with van der Waals surface area (Å²) in [5, 5.41) is 7.84. The van der Waals surface area contributed by atoms with Gasteiger partial charge in [-0.15, -0.1) is 10.2 Å². The Kier molecular flexibility index (Phi) is 3.28. The zero-order chi connectivity index (χ0) is 11.7. The molecule has 2 rings (SSSR count). The lowest BCUT2D eigenvalue weighted by Gasteiger charge is -2.29. The van der Waals surface area contributed by atoms with Gasteiger partial charge in [-0.1, -0.05) is 29.8 Å². The van der Waals surface area contributed by atoms with Crippen molar-refractivity contribution in [2.45, 2.75) is 31.8 Å². The molecule has 16 heavy (non-hydrogen) atoms. The summed E-state index contributed by atoms with van der Waals surface area (Å²) in [7, 11) is 0. The smallest absolute Gasteiger partial charge is 0.237 e. The van der Waals surface area contributed by atoms with Crippen molar-refractivity contribution in [3.8, 4) is 0 Å². The number of hydrogen-bond donors (Lipinski definition) is 0. The Morgan fingerprint density at radius 1 is 1.50 bits per heavy atom. The van der Waals surface area contributed by atoms with E-state index in [4.69, 9.17) is 0 Å². The molecule has 2 heterocycles. The molecule has 1 aliphatic rings. The van der Waals surface area contributed by atoms with Crippen LogP contribution in [0.2, 0.25) is 0 Å². The molecule has 0 aromatic carbocycles. The fraction of sp³-hybridized carbons (Fsp3) is 0.700. The van der Waals surface area contributed by atoms with Crippen LogP contribution in [-0.4, -0.2) is 36.9 Å². The monoisotopic (exact) mass is 286 g/mol.